The van der Waals surface area contributed by atoms with Crippen LogP contribution in [-0.4, -0.2) is 99.6 Å². The Labute approximate surface area is 248 Å². The topological polar surface area (TPSA) is 125 Å². The highest BCUT2D eigenvalue weighted by Gasteiger charge is 2.44. The third-order valence-corrected chi connectivity index (χ3v) is 8.06. The van der Waals surface area contributed by atoms with E-state index >= 15 is 0 Å². The quantitative estimate of drug-likeness (QED) is 0.0934. The molecule has 1 N–H and O–H groups in total. The number of nitrogens with one attached hydrogen (secondary N) is 1. The highest BCUT2D eigenvalue weighted by atomic mass is 35.6. The van der Waals surface area contributed by atoms with Crippen LogP contribution in [0.2, 0.25) is 0 Å². The van der Waals surface area contributed by atoms with Gasteiger partial charge in [0.05, 0.1) is 34.4 Å². The fourth-order valence-corrected chi connectivity index (χ4v) is 4.06. The molecule has 1 aliphatic heterocycles. The fourth-order valence-electron chi connectivity index (χ4n) is 3.21. The second-order valence-corrected chi connectivity index (χ2v) is 14.6. The van der Waals surface area contributed by atoms with Crippen molar-refractivity contribution in [3.63, 3.8) is 0 Å². The molecule has 15 heteroatoms. The zero-order valence-electron chi connectivity index (χ0n) is 23.8. The number of phosphoric acid groups is 1. The van der Waals surface area contributed by atoms with Gasteiger partial charge in [0.15, 0.2) is 11.9 Å². The first kappa shape index (κ1) is 37.1. The molecule has 232 valence electrons. The van der Waals surface area contributed by atoms with E-state index in [2.05, 4.69) is 5.32 Å². The Hall–Kier alpha value is 0.0900. The first-order valence-corrected chi connectivity index (χ1v) is 15.9. The number of hydrogen-bond acceptors (Lipinski definition) is 9. The van der Waals surface area contributed by atoms with Crippen LogP contribution < -0.4 is 10.2 Å². The number of alkyl halides is 3. The summed E-state index contributed by atoms with van der Waals surface area (Å²) in [7, 11) is 1.35. The molecule has 2 unspecified atom stereocenters. The van der Waals surface area contributed by atoms with Crippen molar-refractivity contribution in [3.05, 3.63) is 0 Å². The van der Waals surface area contributed by atoms with E-state index in [1.165, 1.54) is 13.8 Å². The van der Waals surface area contributed by atoms with Crippen LogP contribution in [0, 0.1) is 0 Å². The van der Waals surface area contributed by atoms with Crippen molar-refractivity contribution in [1.82, 2.24) is 5.32 Å². The van der Waals surface area contributed by atoms with E-state index < -0.39 is 35.7 Å². The normalized spacial score (nSPS) is 19.4. The lowest BCUT2D eigenvalue weighted by atomic mass is 10.2. The molecule has 1 aliphatic rings. The number of amides is 1. The van der Waals surface area contributed by atoms with Crippen molar-refractivity contribution in [2.75, 3.05) is 67.3 Å². The Morgan fingerprint density at radius 1 is 1.08 bits per heavy atom. The number of ether oxygens (including phenoxy) is 4. The van der Waals surface area contributed by atoms with Crippen LogP contribution in [0.1, 0.15) is 58.8 Å². The van der Waals surface area contributed by atoms with Gasteiger partial charge in [0.1, 0.15) is 19.3 Å². The van der Waals surface area contributed by atoms with E-state index in [0.29, 0.717) is 30.8 Å². The van der Waals surface area contributed by atoms with Crippen molar-refractivity contribution in [2.45, 2.75) is 80.6 Å². The fraction of sp³-hybridized carbons (Fsp3) is 0.958. The number of nitrogens with zero attached hydrogens (tertiary/aromatic N) is 1. The average Bonchev–Trinajstić information content (AvgIpc) is 2.80. The maximum atomic E-state index is 12.2. The smallest absolute Gasteiger partial charge is 0.407 e. The second kappa shape index (κ2) is 17.9. The van der Waals surface area contributed by atoms with Gasteiger partial charge in [-0.05, 0) is 46.0 Å². The number of quaternary nitrogens is 1. The monoisotopic (exact) mass is 642 g/mol. The zero-order valence-corrected chi connectivity index (χ0v) is 26.9. The van der Waals surface area contributed by atoms with Crippen LogP contribution in [0.3, 0.4) is 0 Å². The SMILES string of the molecule is CC(C)(OC(=O)NCCCCCCOC[C@H](COP(=O)([O-])OCC[N+](C)(C)C)OC1CCCCO1)C(Cl)(Cl)Cl. The Morgan fingerprint density at radius 3 is 2.38 bits per heavy atom. The number of alkyl carbamates (subject to hydrolysis) is 1. The van der Waals surface area contributed by atoms with Crippen molar-refractivity contribution in [2.24, 2.45) is 0 Å². The van der Waals surface area contributed by atoms with Crippen LogP contribution in [-0.2, 0) is 32.6 Å². The van der Waals surface area contributed by atoms with E-state index in [9.17, 15) is 14.3 Å². The molecule has 0 aromatic heterocycles. The van der Waals surface area contributed by atoms with Crippen LogP contribution in [0.5, 0.6) is 0 Å². The molecule has 0 aromatic rings. The minimum Gasteiger partial charge on any atom is -0.756 e. The Balaban J connectivity index is 2.29. The zero-order chi connectivity index (χ0) is 29.6. The molecule has 0 aliphatic carbocycles. The number of unbranched alkanes of at least 4 members (excludes halogenated alkanes) is 3. The maximum Gasteiger partial charge on any atom is 0.407 e. The lowest BCUT2D eigenvalue weighted by Gasteiger charge is -2.31. The van der Waals surface area contributed by atoms with Crippen molar-refractivity contribution < 1.29 is 46.7 Å². The molecule has 1 saturated heterocycles. The van der Waals surface area contributed by atoms with Gasteiger partial charge in [0.2, 0.25) is 3.79 Å². The summed E-state index contributed by atoms with van der Waals surface area (Å²) >= 11 is 17.4. The molecule has 1 rings (SSSR count). The largest absolute Gasteiger partial charge is 0.756 e. The van der Waals surface area contributed by atoms with E-state index in [-0.39, 0.29) is 19.8 Å². The van der Waals surface area contributed by atoms with Gasteiger partial charge in [-0.1, -0.05) is 47.6 Å². The van der Waals surface area contributed by atoms with Gasteiger partial charge >= 0.3 is 6.09 Å². The number of hydrogen-bond donors (Lipinski definition) is 1. The molecular weight excluding hydrogens is 598 g/mol. The molecule has 0 aromatic carbocycles. The number of rotatable bonds is 19. The minimum atomic E-state index is -4.47. The van der Waals surface area contributed by atoms with E-state index in [4.69, 9.17) is 62.8 Å². The summed E-state index contributed by atoms with van der Waals surface area (Å²) in [6.45, 7) is 5.01. The number of likely N-dealkylation sites (N-methyl/N-ethyl adjacent to an activating group) is 1. The van der Waals surface area contributed by atoms with E-state index in [1.807, 2.05) is 21.1 Å². The second-order valence-electron chi connectivity index (χ2n) is 11.0. The number of phosphoric ester groups is 1. The maximum absolute atomic E-state index is 12.2. The summed E-state index contributed by atoms with van der Waals surface area (Å²) < 4.78 is 43.5. The van der Waals surface area contributed by atoms with Gasteiger partial charge in [0.25, 0.3) is 7.82 Å². The predicted octanol–water partition coefficient (Wildman–Crippen LogP) is 4.56. The lowest BCUT2D eigenvalue weighted by Crippen LogP contribution is -2.44. The summed E-state index contributed by atoms with van der Waals surface area (Å²) in [5, 5.41) is 2.64. The van der Waals surface area contributed by atoms with Gasteiger partial charge < -0.3 is 42.7 Å². The summed E-state index contributed by atoms with van der Waals surface area (Å²) in [4.78, 5) is 24.1. The highest BCUT2D eigenvalue weighted by Crippen LogP contribution is 2.40. The molecule has 0 spiro atoms. The number of carbonyl (C=O) groups excluding carboxylic acids is 1. The third kappa shape index (κ3) is 18.3. The van der Waals surface area contributed by atoms with Crippen molar-refractivity contribution in [1.29, 1.82) is 0 Å². The molecule has 0 bridgehead atoms. The van der Waals surface area contributed by atoms with Crippen LogP contribution in [0.25, 0.3) is 0 Å². The average molecular weight is 644 g/mol. The van der Waals surface area contributed by atoms with Gasteiger partial charge in [-0.25, -0.2) is 4.79 Å². The summed E-state index contributed by atoms with van der Waals surface area (Å²) in [6.07, 6.45) is 4.26. The highest BCUT2D eigenvalue weighted by molar-refractivity contribution is 7.45. The van der Waals surface area contributed by atoms with E-state index in [1.54, 1.807) is 0 Å². The molecule has 1 amide bonds. The van der Waals surface area contributed by atoms with Crippen LogP contribution in [0.4, 0.5) is 4.79 Å². The van der Waals surface area contributed by atoms with Gasteiger partial charge in [0, 0.05) is 19.8 Å². The van der Waals surface area contributed by atoms with Gasteiger partial charge in [-0.15, -0.1) is 0 Å². The number of carbonyl (C=O) groups is 1. The van der Waals surface area contributed by atoms with Gasteiger partial charge in [-0.3, -0.25) is 4.57 Å². The summed E-state index contributed by atoms with van der Waals surface area (Å²) in [5.74, 6) is 0. The third-order valence-electron chi connectivity index (χ3n) is 5.73. The molecule has 39 heavy (non-hydrogen) atoms. The van der Waals surface area contributed by atoms with Crippen molar-refractivity contribution in [3.8, 4) is 0 Å². The molecule has 1 fully saturated rings. The summed E-state index contributed by atoms with van der Waals surface area (Å²) in [6, 6.07) is 0. The first-order valence-electron chi connectivity index (χ1n) is 13.3. The van der Waals surface area contributed by atoms with Crippen molar-refractivity contribution >= 4 is 48.7 Å². The van der Waals surface area contributed by atoms with Gasteiger partial charge in [-0.2, -0.15) is 0 Å². The molecule has 11 nitrogen and oxygen atoms in total. The molecule has 3 atom stereocenters. The predicted molar refractivity (Wildman–Crippen MR) is 149 cm³/mol. The first-order chi connectivity index (χ1) is 18.0. The Bertz CT molecular complexity index is 745. The number of halogens is 3. The molecule has 1 heterocycles. The Morgan fingerprint density at radius 2 is 1.77 bits per heavy atom. The standard InChI is InChI=1S/C24H46Cl3N2O9P/c1-23(2,24(25,26)27)38-22(30)28-13-9-6-7-10-15-33-18-20(37-21-12-8-11-16-34-21)19-36-39(31,32)35-17-14-29(3,4)5/h20-21H,6-19H2,1-5H3,(H-,28,30,31,32)/t20-,21?/m1/s1. The van der Waals surface area contributed by atoms with E-state index in [0.717, 1.165) is 44.9 Å². The molecule has 0 radical (unpaired) electrons. The lowest BCUT2D eigenvalue weighted by molar-refractivity contribution is -0.870. The Kier molecular flexibility index (Phi) is 17.0. The van der Waals surface area contributed by atoms with Crippen LogP contribution in [0.15, 0.2) is 0 Å². The molecular formula is C24H46Cl3N2O9P. The molecule has 0 saturated carbocycles. The van der Waals surface area contributed by atoms with Crippen LogP contribution >= 0.6 is 42.6 Å². The minimum absolute atomic E-state index is 0.0295. The summed E-state index contributed by atoms with van der Waals surface area (Å²) in [5.41, 5.74) is -1.27.